The molecule has 0 aliphatic carbocycles. The Hall–Kier alpha value is -2.15. The minimum atomic E-state index is -1.19. The van der Waals surface area contributed by atoms with Gasteiger partial charge in [0.05, 0.1) is 17.9 Å². The second kappa shape index (κ2) is 13.9. The van der Waals surface area contributed by atoms with Crippen molar-refractivity contribution in [3.05, 3.63) is 36.5 Å². The maximum absolute atomic E-state index is 9.49. The number of carboxylic acid groups (broad SMARTS) is 3. The first-order valence-corrected chi connectivity index (χ1v) is 4.54. The SMILES string of the molecule is C=C(C)C(=O)[O-].C=C(C)C(=O)[O-].C=C(C)C(=O)[O-].[Si+3]. The van der Waals surface area contributed by atoms with Crippen molar-refractivity contribution in [1.82, 2.24) is 0 Å². The predicted molar refractivity (Wildman–Crippen MR) is 65.2 cm³/mol. The van der Waals surface area contributed by atoms with Gasteiger partial charge in [-0.25, -0.2) is 0 Å². The van der Waals surface area contributed by atoms with Crippen LogP contribution in [0, 0.1) is 0 Å². The molecule has 0 aliphatic rings. The van der Waals surface area contributed by atoms with Crippen LogP contribution in [0.2, 0.25) is 0 Å². The van der Waals surface area contributed by atoms with Gasteiger partial charge < -0.3 is 29.7 Å². The Bertz CT molecular complexity index is 277. The molecule has 1 radical (unpaired) electrons. The van der Waals surface area contributed by atoms with Crippen LogP contribution in [0.25, 0.3) is 0 Å². The van der Waals surface area contributed by atoms with E-state index in [0.717, 1.165) is 0 Å². The first-order valence-electron chi connectivity index (χ1n) is 4.54. The summed E-state index contributed by atoms with van der Waals surface area (Å²) >= 11 is 0. The molecular weight excluding hydrogens is 268 g/mol. The molecule has 6 nitrogen and oxygen atoms in total. The van der Waals surface area contributed by atoms with Crippen molar-refractivity contribution in [2.24, 2.45) is 0 Å². The normalized spacial score (nSPS) is 7.11. The van der Waals surface area contributed by atoms with Gasteiger partial charge in [0.15, 0.2) is 0 Å². The summed E-state index contributed by atoms with van der Waals surface area (Å²) < 4.78 is 0. The van der Waals surface area contributed by atoms with E-state index in [1.807, 2.05) is 0 Å². The number of carbonyl (C=O) groups excluding carboxylic acids is 3. The quantitative estimate of drug-likeness (QED) is 0.419. The van der Waals surface area contributed by atoms with Gasteiger partial charge in [0.1, 0.15) is 0 Å². The first-order chi connectivity index (χ1) is 7.93. The van der Waals surface area contributed by atoms with E-state index in [1.54, 1.807) is 0 Å². The summed E-state index contributed by atoms with van der Waals surface area (Å²) in [6.07, 6.45) is 0. The molecule has 0 saturated heterocycles. The van der Waals surface area contributed by atoms with E-state index in [-0.39, 0.29) is 27.7 Å². The van der Waals surface area contributed by atoms with Crippen LogP contribution in [-0.2, 0) is 14.4 Å². The van der Waals surface area contributed by atoms with E-state index >= 15 is 0 Å². The molecule has 0 spiro atoms. The van der Waals surface area contributed by atoms with Crippen molar-refractivity contribution in [2.45, 2.75) is 20.8 Å². The fraction of sp³-hybridized carbons (Fsp3) is 0.250. The molecule has 0 heterocycles. The Balaban J connectivity index is -0.0000000865. The predicted octanol–water partition coefficient (Wildman–Crippen LogP) is -2.44. The molecule has 0 aromatic rings. The minimum absolute atomic E-state index is 0. The van der Waals surface area contributed by atoms with Crippen LogP contribution in [0.5, 0.6) is 0 Å². The van der Waals surface area contributed by atoms with Crippen molar-refractivity contribution in [2.75, 3.05) is 0 Å². The Labute approximate surface area is 116 Å². The number of aliphatic carboxylic acids is 3. The van der Waals surface area contributed by atoms with E-state index < -0.39 is 17.9 Å². The summed E-state index contributed by atoms with van der Waals surface area (Å²) in [4.78, 5) is 28.5. The molecule has 0 aromatic heterocycles. The van der Waals surface area contributed by atoms with Crippen LogP contribution in [-0.4, -0.2) is 28.9 Å². The zero-order valence-electron chi connectivity index (χ0n) is 11.1. The third-order valence-corrected chi connectivity index (χ3v) is 1.05. The van der Waals surface area contributed by atoms with Gasteiger partial charge in [-0.05, 0) is 37.5 Å². The maximum atomic E-state index is 9.49. The van der Waals surface area contributed by atoms with Crippen LogP contribution in [0.15, 0.2) is 36.5 Å². The number of hydrogen-bond acceptors (Lipinski definition) is 6. The van der Waals surface area contributed by atoms with Gasteiger partial charge >= 0.3 is 11.0 Å². The first kappa shape index (κ1) is 25.6. The molecule has 0 atom stereocenters. The number of carbonyl (C=O) groups is 3. The van der Waals surface area contributed by atoms with Crippen molar-refractivity contribution in [3.8, 4) is 0 Å². The van der Waals surface area contributed by atoms with E-state index in [1.165, 1.54) is 20.8 Å². The Morgan fingerprint density at radius 3 is 0.684 bits per heavy atom. The average molecular weight is 283 g/mol. The molecule has 0 rings (SSSR count). The molecule has 0 fully saturated rings. The third-order valence-electron chi connectivity index (χ3n) is 1.05. The molecule has 0 amide bonds. The molecule has 103 valence electrons. The number of hydrogen-bond donors (Lipinski definition) is 0. The Morgan fingerprint density at radius 1 is 0.632 bits per heavy atom. The molecule has 0 aliphatic heterocycles. The van der Waals surface area contributed by atoms with Gasteiger partial charge in [-0.1, -0.05) is 19.7 Å². The van der Waals surface area contributed by atoms with E-state index in [4.69, 9.17) is 0 Å². The molecular formula is C12H15O6Si. The second-order valence-electron chi connectivity index (χ2n) is 3.20. The Morgan fingerprint density at radius 2 is 0.684 bits per heavy atom. The van der Waals surface area contributed by atoms with Gasteiger partial charge in [0.2, 0.25) is 0 Å². The number of rotatable bonds is 3. The molecule has 7 heteroatoms. The monoisotopic (exact) mass is 283 g/mol. The van der Waals surface area contributed by atoms with Crippen LogP contribution >= 0.6 is 0 Å². The summed E-state index contributed by atoms with van der Waals surface area (Å²) in [5.41, 5.74) is 0.194. The van der Waals surface area contributed by atoms with E-state index in [2.05, 4.69) is 19.7 Å². The van der Waals surface area contributed by atoms with Gasteiger partial charge in [0, 0.05) is 0 Å². The van der Waals surface area contributed by atoms with Crippen molar-refractivity contribution >= 4 is 28.9 Å². The van der Waals surface area contributed by atoms with Crippen molar-refractivity contribution in [1.29, 1.82) is 0 Å². The van der Waals surface area contributed by atoms with Crippen LogP contribution in [0.1, 0.15) is 20.8 Å². The zero-order valence-corrected chi connectivity index (χ0v) is 12.1. The molecule has 19 heavy (non-hydrogen) atoms. The summed E-state index contributed by atoms with van der Waals surface area (Å²) in [6.45, 7) is 13.4. The summed E-state index contributed by atoms with van der Waals surface area (Å²) in [5, 5.41) is 28.5. The fourth-order valence-electron chi connectivity index (χ4n) is 0. The van der Waals surface area contributed by atoms with Gasteiger partial charge in [-0.3, -0.25) is 0 Å². The van der Waals surface area contributed by atoms with E-state index in [0.29, 0.717) is 0 Å². The summed E-state index contributed by atoms with van der Waals surface area (Å²) in [6, 6.07) is 0. The van der Waals surface area contributed by atoms with Crippen LogP contribution in [0.4, 0.5) is 0 Å². The third kappa shape index (κ3) is 31.3. The number of carboxylic acids is 3. The average Bonchev–Trinajstić information content (AvgIpc) is 2.18. The molecule has 0 bridgehead atoms. The molecule has 0 unspecified atom stereocenters. The van der Waals surface area contributed by atoms with Gasteiger partial charge in [0.25, 0.3) is 0 Å². The largest absolute Gasteiger partial charge is 3.00 e. The van der Waals surface area contributed by atoms with E-state index in [9.17, 15) is 29.7 Å². The minimum Gasteiger partial charge on any atom is -0.545 e. The van der Waals surface area contributed by atoms with Gasteiger partial charge in [-0.2, -0.15) is 0 Å². The standard InChI is InChI=1S/3C4H6O2.Si/c3*1-3(2)4(5)6;/h3*1H2,2H3,(H,5,6);/q;;;+3/p-3. The van der Waals surface area contributed by atoms with Crippen LogP contribution < -0.4 is 15.3 Å². The maximum Gasteiger partial charge on any atom is 3.00 e. The second-order valence-corrected chi connectivity index (χ2v) is 3.20. The fourth-order valence-corrected chi connectivity index (χ4v) is 0. The summed E-state index contributed by atoms with van der Waals surface area (Å²) in [7, 11) is 0. The topological polar surface area (TPSA) is 120 Å². The van der Waals surface area contributed by atoms with Crippen LogP contribution in [0.3, 0.4) is 0 Å². The summed E-state index contributed by atoms with van der Waals surface area (Å²) in [5.74, 6) is -3.56. The Kier molecular flexibility index (Phi) is 18.8. The van der Waals surface area contributed by atoms with Crippen molar-refractivity contribution < 1.29 is 29.7 Å². The van der Waals surface area contributed by atoms with Gasteiger partial charge in [-0.15, -0.1) is 0 Å². The molecule has 0 N–H and O–H groups in total. The zero-order chi connectivity index (χ0) is 15.5. The smallest absolute Gasteiger partial charge is 0.545 e. The molecule has 0 aromatic carbocycles. The molecule has 0 saturated carbocycles. The van der Waals surface area contributed by atoms with Crippen molar-refractivity contribution in [3.63, 3.8) is 0 Å².